The van der Waals surface area contributed by atoms with Crippen molar-refractivity contribution in [2.24, 2.45) is 0 Å². The minimum Gasteiger partial charge on any atom is -0.377 e. The molecule has 14 heavy (non-hydrogen) atoms. The van der Waals surface area contributed by atoms with Crippen molar-refractivity contribution in [1.82, 2.24) is 19.7 Å². The van der Waals surface area contributed by atoms with Gasteiger partial charge in [0.1, 0.15) is 16.2 Å². The maximum atomic E-state index is 5.11. The highest BCUT2D eigenvalue weighted by Crippen LogP contribution is 2.21. The van der Waals surface area contributed by atoms with Gasteiger partial charge in [0.2, 0.25) is 0 Å². The van der Waals surface area contributed by atoms with E-state index in [1.165, 1.54) is 0 Å². The summed E-state index contributed by atoms with van der Waals surface area (Å²) >= 11 is 3.27. The average Bonchev–Trinajstić information content (AvgIpc) is 2.45. The van der Waals surface area contributed by atoms with Crippen LogP contribution in [0.1, 0.15) is 6.04 Å². The summed E-state index contributed by atoms with van der Waals surface area (Å²) in [5.74, 6) is 0. The van der Waals surface area contributed by atoms with Gasteiger partial charge in [-0.05, 0) is 15.9 Å². The SMILES string of the molecule is Brc1cnc2c(cnn2C2COC2)n1. The van der Waals surface area contributed by atoms with E-state index in [0.717, 1.165) is 15.8 Å². The standard InChI is InChI=1S/C8H7BrN4O/c9-7-2-10-8-6(12-7)1-11-13(8)5-3-14-4-5/h1-2,5H,3-4H2. The van der Waals surface area contributed by atoms with E-state index in [4.69, 9.17) is 4.74 Å². The molecule has 0 atom stereocenters. The summed E-state index contributed by atoms with van der Waals surface area (Å²) < 4.78 is 7.72. The zero-order valence-electron chi connectivity index (χ0n) is 7.22. The molecule has 0 spiro atoms. The first-order valence-corrected chi connectivity index (χ1v) is 5.07. The van der Waals surface area contributed by atoms with E-state index >= 15 is 0 Å². The fraction of sp³-hybridized carbons (Fsp3) is 0.375. The summed E-state index contributed by atoms with van der Waals surface area (Å²) in [6.07, 6.45) is 3.41. The van der Waals surface area contributed by atoms with E-state index in [2.05, 4.69) is 31.0 Å². The van der Waals surface area contributed by atoms with Gasteiger partial charge in [0.05, 0.1) is 25.6 Å². The Bertz CT molecular complexity index is 479. The number of aromatic nitrogens is 4. The summed E-state index contributed by atoms with van der Waals surface area (Å²) in [5, 5.41) is 4.25. The first kappa shape index (κ1) is 8.31. The molecule has 72 valence electrons. The lowest BCUT2D eigenvalue weighted by atomic mass is 10.3. The molecule has 0 aliphatic carbocycles. The van der Waals surface area contributed by atoms with Gasteiger partial charge in [-0.2, -0.15) is 5.10 Å². The smallest absolute Gasteiger partial charge is 0.177 e. The van der Waals surface area contributed by atoms with Crippen LogP contribution >= 0.6 is 15.9 Å². The number of rotatable bonds is 1. The third kappa shape index (κ3) is 1.14. The van der Waals surface area contributed by atoms with E-state index in [1.54, 1.807) is 12.4 Å². The Balaban J connectivity index is 2.16. The summed E-state index contributed by atoms with van der Waals surface area (Å²) in [7, 11) is 0. The summed E-state index contributed by atoms with van der Waals surface area (Å²) in [4.78, 5) is 8.55. The van der Waals surface area contributed by atoms with Crippen LogP contribution in [-0.4, -0.2) is 33.0 Å². The highest BCUT2D eigenvalue weighted by atomic mass is 79.9. The summed E-state index contributed by atoms with van der Waals surface area (Å²) in [6, 6.07) is 0.322. The molecule has 0 radical (unpaired) electrons. The molecule has 1 fully saturated rings. The fourth-order valence-electron chi connectivity index (χ4n) is 1.44. The van der Waals surface area contributed by atoms with Crippen LogP contribution in [-0.2, 0) is 4.74 Å². The number of halogens is 1. The molecule has 5 nitrogen and oxygen atoms in total. The van der Waals surface area contributed by atoms with Gasteiger partial charge in [-0.25, -0.2) is 14.6 Å². The lowest BCUT2D eigenvalue weighted by Gasteiger charge is -2.26. The third-order valence-corrected chi connectivity index (χ3v) is 2.62. The maximum Gasteiger partial charge on any atom is 0.177 e. The minimum absolute atomic E-state index is 0.322. The van der Waals surface area contributed by atoms with E-state index in [9.17, 15) is 0 Å². The van der Waals surface area contributed by atoms with Gasteiger partial charge in [-0.3, -0.25) is 0 Å². The van der Waals surface area contributed by atoms with E-state index in [0.29, 0.717) is 19.3 Å². The Morgan fingerprint density at radius 2 is 2.29 bits per heavy atom. The third-order valence-electron chi connectivity index (χ3n) is 2.24. The largest absolute Gasteiger partial charge is 0.377 e. The second kappa shape index (κ2) is 2.99. The van der Waals surface area contributed by atoms with Crippen molar-refractivity contribution >= 4 is 27.1 Å². The molecule has 1 aliphatic heterocycles. The molecule has 2 aromatic heterocycles. The second-order valence-corrected chi connectivity index (χ2v) is 3.99. The Morgan fingerprint density at radius 3 is 3.00 bits per heavy atom. The van der Waals surface area contributed by atoms with Crippen molar-refractivity contribution in [2.45, 2.75) is 6.04 Å². The van der Waals surface area contributed by atoms with Crippen molar-refractivity contribution in [3.8, 4) is 0 Å². The van der Waals surface area contributed by atoms with Crippen molar-refractivity contribution in [3.63, 3.8) is 0 Å². The number of nitrogens with zero attached hydrogens (tertiary/aromatic N) is 4. The predicted octanol–water partition coefficient (Wildman–Crippen LogP) is 1.16. The molecule has 0 N–H and O–H groups in total. The molecule has 0 bridgehead atoms. The molecule has 0 amide bonds. The number of ether oxygens (including phenoxy) is 1. The van der Waals surface area contributed by atoms with E-state index < -0.39 is 0 Å². The van der Waals surface area contributed by atoms with Crippen LogP contribution in [0.25, 0.3) is 11.2 Å². The summed E-state index contributed by atoms with van der Waals surface area (Å²) in [5.41, 5.74) is 1.63. The van der Waals surface area contributed by atoms with E-state index in [1.807, 2.05) is 4.68 Å². The topological polar surface area (TPSA) is 52.8 Å². The Labute approximate surface area is 88.2 Å². The molecule has 0 unspecified atom stereocenters. The molecule has 6 heteroatoms. The van der Waals surface area contributed by atoms with Crippen LogP contribution in [0.2, 0.25) is 0 Å². The normalized spacial score (nSPS) is 17.2. The average molecular weight is 255 g/mol. The molecule has 1 aliphatic rings. The molecule has 3 rings (SSSR count). The van der Waals surface area contributed by atoms with Gasteiger partial charge in [0.25, 0.3) is 0 Å². The first-order valence-electron chi connectivity index (χ1n) is 4.28. The molecule has 1 saturated heterocycles. The van der Waals surface area contributed by atoms with Crippen LogP contribution < -0.4 is 0 Å². The van der Waals surface area contributed by atoms with Crippen molar-refractivity contribution in [2.75, 3.05) is 13.2 Å². The van der Waals surface area contributed by atoms with Crippen LogP contribution in [0.5, 0.6) is 0 Å². The molecule has 0 saturated carbocycles. The fourth-order valence-corrected chi connectivity index (χ4v) is 1.73. The Kier molecular flexibility index (Phi) is 1.78. The van der Waals surface area contributed by atoms with E-state index in [-0.39, 0.29) is 0 Å². The van der Waals surface area contributed by atoms with Crippen LogP contribution in [0.4, 0.5) is 0 Å². The number of hydrogen-bond donors (Lipinski definition) is 0. The summed E-state index contributed by atoms with van der Waals surface area (Å²) in [6.45, 7) is 1.43. The Morgan fingerprint density at radius 1 is 1.43 bits per heavy atom. The maximum absolute atomic E-state index is 5.11. The monoisotopic (exact) mass is 254 g/mol. The van der Waals surface area contributed by atoms with Gasteiger partial charge < -0.3 is 4.74 Å². The van der Waals surface area contributed by atoms with Crippen LogP contribution in [0, 0.1) is 0 Å². The van der Waals surface area contributed by atoms with Gasteiger partial charge in [0.15, 0.2) is 5.65 Å². The minimum atomic E-state index is 0.322. The highest BCUT2D eigenvalue weighted by Gasteiger charge is 2.23. The van der Waals surface area contributed by atoms with Gasteiger partial charge in [-0.1, -0.05) is 0 Å². The zero-order chi connectivity index (χ0) is 9.54. The van der Waals surface area contributed by atoms with Gasteiger partial charge in [-0.15, -0.1) is 0 Å². The molecule has 2 aromatic rings. The first-order chi connectivity index (χ1) is 6.84. The second-order valence-electron chi connectivity index (χ2n) is 3.18. The lowest BCUT2D eigenvalue weighted by molar-refractivity contribution is -0.0269. The Hall–Kier alpha value is -1.01. The van der Waals surface area contributed by atoms with Crippen LogP contribution in [0.3, 0.4) is 0 Å². The van der Waals surface area contributed by atoms with Crippen molar-refractivity contribution < 1.29 is 4.74 Å². The molecule has 3 heterocycles. The number of hydrogen-bond acceptors (Lipinski definition) is 4. The quantitative estimate of drug-likeness (QED) is 0.767. The van der Waals surface area contributed by atoms with Crippen LogP contribution in [0.15, 0.2) is 17.0 Å². The zero-order valence-corrected chi connectivity index (χ0v) is 8.81. The molecule has 0 aromatic carbocycles. The molecular formula is C8H7BrN4O. The predicted molar refractivity (Wildman–Crippen MR) is 52.9 cm³/mol. The van der Waals surface area contributed by atoms with Crippen molar-refractivity contribution in [3.05, 3.63) is 17.0 Å². The molecular weight excluding hydrogens is 248 g/mol. The lowest BCUT2D eigenvalue weighted by Crippen LogP contribution is -2.31. The van der Waals surface area contributed by atoms with Crippen molar-refractivity contribution in [1.29, 1.82) is 0 Å². The van der Waals surface area contributed by atoms with Gasteiger partial charge >= 0.3 is 0 Å². The number of fused-ring (bicyclic) bond motifs is 1. The highest BCUT2D eigenvalue weighted by molar-refractivity contribution is 9.10. The van der Waals surface area contributed by atoms with Gasteiger partial charge in [0, 0.05) is 0 Å².